The smallest absolute Gasteiger partial charge is 0.270 e. The van der Waals surface area contributed by atoms with Crippen molar-refractivity contribution in [3.63, 3.8) is 0 Å². The van der Waals surface area contributed by atoms with Gasteiger partial charge in [-0.2, -0.15) is 5.10 Å². The Bertz CT molecular complexity index is 1410. The first kappa shape index (κ1) is 18.6. The van der Waals surface area contributed by atoms with Gasteiger partial charge >= 0.3 is 0 Å². The van der Waals surface area contributed by atoms with E-state index in [0.717, 1.165) is 22.5 Å². The maximum atomic E-state index is 11.1. The largest absolute Gasteiger partial charge is 0.340 e. The number of nitrogens with one attached hydrogen (secondary N) is 1. The highest BCUT2D eigenvalue weighted by atomic mass is 16.6. The normalized spacial score (nSPS) is 12.2. The van der Waals surface area contributed by atoms with Crippen LogP contribution in [0.2, 0.25) is 0 Å². The highest BCUT2D eigenvalue weighted by Gasteiger charge is 2.12. The van der Waals surface area contributed by atoms with Gasteiger partial charge in [-0.15, -0.1) is 0 Å². The molecule has 0 bridgehead atoms. The molecule has 0 fully saturated rings. The lowest BCUT2D eigenvalue weighted by Crippen LogP contribution is -2.00. The van der Waals surface area contributed by atoms with Gasteiger partial charge in [0.05, 0.1) is 10.4 Å². The van der Waals surface area contributed by atoms with E-state index in [1.165, 1.54) is 24.8 Å². The number of hydrogen-bond donors (Lipinski definition) is 1. The molecule has 31 heavy (non-hydrogen) atoms. The Labute approximate surface area is 176 Å². The molecule has 9 heteroatoms. The highest BCUT2D eigenvalue weighted by molar-refractivity contribution is 5.92. The SMILES string of the molecule is CC(c1ccc(Nc2ncnc3ccc([N+](=O)[O-])cc23)cc1)c1ccn2ncnc2c1. The number of hydrogen-bond acceptors (Lipinski definition) is 7. The summed E-state index contributed by atoms with van der Waals surface area (Å²) in [5, 5.41) is 19.1. The first-order valence-electron chi connectivity index (χ1n) is 9.64. The second-order valence-corrected chi connectivity index (χ2v) is 7.17. The van der Waals surface area contributed by atoms with Gasteiger partial charge in [-0.05, 0) is 41.5 Å². The summed E-state index contributed by atoms with van der Waals surface area (Å²) in [6, 6.07) is 16.6. The van der Waals surface area contributed by atoms with Crippen molar-refractivity contribution in [1.82, 2.24) is 24.6 Å². The summed E-state index contributed by atoms with van der Waals surface area (Å²) in [6.45, 7) is 2.14. The molecule has 1 N–H and O–H groups in total. The van der Waals surface area contributed by atoms with Crippen LogP contribution in [-0.2, 0) is 0 Å². The molecule has 0 amide bonds. The van der Waals surface area contributed by atoms with E-state index in [4.69, 9.17) is 0 Å². The predicted octanol–water partition coefficient (Wildman–Crippen LogP) is 4.48. The molecule has 3 aromatic heterocycles. The first-order valence-corrected chi connectivity index (χ1v) is 9.64. The van der Waals surface area contributed by atoms with Crippen molar-refractivity contribution in [3.8, 4) is 0 Å². The van der Waals surface area contributed by atoms with Crippen LogP contribution in [0, 0.1) is 10.1 Å². The Morgan fingerprint density at radius 1 is 0.968 bits per heavy atom. The Balaban J connectivity index is 1.41. The van der Waals surface area contributed by atoms with Gasteiger partial charge in [0, 0.05) is 35.3 Å². The summed E-state index contributed by atoms with van der Waals surface area (Å²) in [5.41, 5.74) is 4.58. The minimum atomic E-state index is -0.427. The van der Waals surface area contributed by atoms with Gasteiger partial charge in [0.2, 0.25) is 0 Å². The standard InChI is InChI=1S/C22H17N7O2/c1-14(16-8-9-28-21(10-16)24-13-26-28)15-2-4-17(5-3-15)27-22-19-11-18(29(30)31)6-7-20(19)23-12-25-22/h2-14H,1H3,(H,23,25,27). The fraction of sp³-hybridized carbons (Fsp3) is 0.0909. The summed E-state index contributed by atoms with van der Waals surface area (Å²) in [4.78, 5) is 23.4. The Hall–Kier alpha value is -4.40. The monoisotopic (exact) mass is 411 g/mol. The van der Waals surface area contributed by atoms with Crippen LogP contribution in [0.4, 0.5) is 17.2 Å². The Morgan fingerprint density at radius 3 is 2.61 bits per heavy atom. The number of nitrogens with zero attached hydrogens (tertiary/aromatic N) is 6. The molecular weight excluding hydrogens is 394 g/mol. The van der Waals surface area contributed by atoms with E-state index < -0.39 is 4.92 Å². The molecule has 3 heterocycles. The van der Waals surface area contributed by atoms with E-state index in [1.807, 2.05) is 42.6 Å². The zero-order valence-corrected chi connectivity index (χ0v) is 16.5. The van der Waals surface area contributed by atoms with Crippen LogP contribution in [-0.4, -0.2) is 29.5 Å². The number of benzene rings is 2. The van der Waals surface area contributed by atoms with Crippen LogP contribution >= 0.6 is 0 Å². The molecular formula is C22H17N7O2. The van der Waals surface area contributed by atoms with Crippen LogP contribution in [0.1, 0.15) is 24.0 Å². The molecule has 0 aliphatic rings. The van der Waals surface area contributed by atoms with Crippen molar-refractivity contribution in [1.29, 1.82) is 0 Å². The number of nitro benzene ring substituents is 1. The molecule has 0 saturated carbocycles. The number of pyridine rings is 1. The van der Waals surface area contributed by atoms with Crippen molar-refractivity contribution < 1.29 is 4.92 Å². The van der Waals surface area contributed by atoms with E-state index in [2.05, 4.69) is 32.3 Å². The van der Waals surface area contributed by atoms with Crippen LogP contribution in [0.15, 0.2) is 73.4 Å². The number of rotatable bonds is 5. The summed E-state index contributed by atoms with van der Waals surface area (Å²) in [5.74, 6) is 0.699. The van der Waals surface area contributed by atoms with Gasteiger partial charge in [0.15, 0.2) is 5.65 Å². The minimum Gasteiger partial charge on any atom is -0.340 e. The van der Waals surface area contributed by atoms with Crippen molar-refractivity contribution in [3.05, 3.63) is 94.7 Å². The lowest BCUT2D eigenvalue weighted by Gasteiger charge is -2.14. The fourth-order valence-electron chi connectivity index (χ4n) is 3.54. The highest BCUT2D eigenvalue weighted by Crippen LogP contribution is 2.29. The predicted molar refractivity (Wildman–Crippen MR) is 116 cm³/mol. The Kier molecular flexibility index (Phi) is 4.47. The maximum Gasteiger partial charge on any atom is 0.270 e. The van der Waals surface area contributed by atoms with Crippen LogP contribution in [0.5, 0.6) is 0 Å². The van der Waals surface area contributed by atoms with Crippen molar-refractivity contribution in [2.24, 2.45) is 0 Å². The molecule has 9 nitrogen and oxygen atoms in total. The average Bonchev–Trinajstić information content (AvgIpc) is 3.27. The lowest BCUT2D eigenvalue weighted by molar-refractivity contribution is -0.384. The van der Waals surface area contributed by atoms with Gasteiger partial charge in [0.1, 0.15) is 18.5 Å². The zero-order chi connectivity index (χ0) is 21.4. The number of anilines is 2. The summed E-state index contributed by atoms with van der Waals surface area (Å²) < 4.78 is 1.74. The number of fused-ring (bicyclic) bond motifs is 2. The first-order chi connectivity index (χ1) is 15.1. The third-order valence-corrected chi connectivity index (χ3v) is 5.31. The van der Waals surface area contributed by atoms with Gasteiger partial charge in [-0.1, -0.05) is 19.1 Å². The van der Waals surface area contributed by atoms with E-state index >= 15 is 0 Å². The van der Waals surface area contributed by atoms with Crippen LogP contribution in [0.25, 0.3) is 16.6 Å². The Morgan fingerprint density at radius 2 is 1.81 bits per heavy atom. The van der Waals surface area contributed by atoms with Crippen molar-refractivity contribution in [2.45, 2.75) is 12.8 Å². The van der Waals surface area contributed by atoms with Gasteiger partial charge < -0.3 is 5.32 Å². The molecule has 152 valence electrons. The number of non-ortho nitro benzene ring substituents is 1. The van der Waals surface area contributed by atoms with E-state index in [1.54, 1.807) is 10.6 Å². The molecule has 1 atom stereocenters. The third kappa shape index (κ3) is 3.52. The van der Waals surface area contributed by atoms with Crippen molar-refractivity contribution in [2.75, 3.05) is 5.32 Å². The molecule has 0 aliphatic heterocycles. The van der Waals surface area contributed by atoms with Gasteiger partial charge in [0.25, 0.3) is 5.69 Å². The number of aromatic nitrogens is 5. The molecule has 5 rings (SSSR count). The molecule has 5 aromatic rings. The molecule has 0 radical (unpaired) electrons. The minimum absolute atomic E-state index is 0.000771. The average molecular weight is 411 g/mol. The molecule has 0 spiro atoms. The van der Waals surface area contributed by atoms with E-state index in [0.29, 0.717) is 16.7 Å². The molecule has 1 unspecified atom stereocenters. The van der Waals surface area contributed by atoms with E-state index in [9.17, 15) is 10.1 Å². The zero-order valence-electron chi connectivity index (χ0n) is 16.5. The van der Waals surface area contributed by atoms with Crippen LogP contribution in [0.3, 0.4) is 0 Å². The van der Waals surface area contributed by atoms with Gasteiger partial charge in [-0.25, -0.2) is 19.5 Å². The van der Waals surface area contributed by atoms with Crippen LogP contribution < -0.4 is 5.32 Å². The quantitative estimate of drug-likeness (QED) is 0.335. The topological polar surface area (TPSA) is 111 Å². The summed E-state index contributed by atoms with van der Waals surface area (Å²) in [7, 11) is 0. The van der Waals surface area contributed by atoms with Crippen molar-refractivity contribution >= 4 is 33.7 Å². The van der Waals surface area contributed by atoms with E-state index in [-0.39, 0.29) is 11.6 Å². The third-order valence-electron chi connectivity index (χ3n) is 5.31. The number of nitro groups is 1. The maximum absolute atomic E-state index is 11.1. The second kappa shape index (κ2) is 7.45. The molecule has 0 aliphatic carbocycles. The molecule has 0 saturated heterocycles. The molecule has 2 aromatic carbocycles. The van der Waals surface area contributed by atoms with Gasteiger partial charge in [-0.3, -0.25) is 10.1 Å². The summed E-state index contributed by atoms with van der Waals surface area (Å²) >= 11 is 0. The lowest BCUT2D eigenvalue weighted by atomic mass is 9.94. The second-order valence-electron chi connectivity index (χ2n) is 7.17. The summed E-state index contributed by atoms with van der Waals surface area (Å²) in [6.07, 6.45) is 4.88. The fourth-order valence-corrected chi connectivity index (χ4v) is 3.54.